The van der Waals surface area contributed by atoms with Crippen LogP contribution in [0.25, 0.3) is 0 Å². The zero-order chi connectivity index (χ0) is 18.6. The fourth-order valence-corrected chi connectivity index (χ4v) is 2.54. The minimum absolute atomic E-state index is 0.119. The normalized spacial score (nSPS) is 10.5. The second-order valence-electron chi connectivity index (χ2n) is 6.05. The smallest absolute Gasteiger partial charge is 0.274 e. The van der Waals surface area contributed by atoms with Gasteiger partial charge in [0, 0.05) is 31.9 Å². The topological polar surface area (TPSA) is 88.3 Å². The summed E-state index contributed by atoms with van der Waals surface area (Å²) in [7, 11) is 0. The Hall–Kier alpha value is -2.70. The maximum absolute atomic E-state index is 12.6. The van der Waals surface area contributed by atoms with Crippen LogP contribution in [-0.2, 0) is 11.3 Å². The molecule has 2 heterocycles. The molecule has 1 N–H and O–H groups in total. The molecule has 0 aliphatic rings. The molecule has 0 aliphatic heterocycles. The highest BCUT2D eigenvalue weighted by molar-refractivity contribution is 5.92. The molecule has 7 heteroatoms. The van der Waals surface area contributed by atoms with E-state index in [0.717, 1.165) is 25.7 Å². The molecule has 2 aromatic rings. The molecule has 0 saturated heterocycles. The van der Waals surface area contributed by atoms with Crippen LogP contribution in [0.2, 0.25) is 0 Å². The van der Waals surface area contributed by atoms with Crippen molar-refractivity contribution in [2.24, 2.45) is 0 Å². The quantitative estimate of drug-likeness (QED) is 0.624. The summed E-state index contributed by atoms with van der Waals surface area (Å²) in [5.74, 6) is 0.394. The van der Waals surface area contributed by atoms with Crippen LogP contribution in [0, 0.1) is 0 Å². The highest BCUT2D eigenvalue weighted by Crippen LogP contribution is 2.07. The van der Waals surface area contributed by atoms with Crippen LogP contribution >= 0.6 is 0 Å². The van der Waals surface area contributed by atoms with E-state index in [9.17, 15) is 9.59 Å². The van der Waals surface area contributed by atoms with Crippen molar-refractivity contribution in [2.45, 2.75) is 45.6 Å². The van der Waals surface area contributed by atoms with E-state index in [1.54, 1.807) is 23.3 Å². The Morgan fingerprint density at radius 3 is 2.77 bits per heavy atom. The van der Waals surface area contributed by atoms with Gasteiger partial charge in [0.1, 0.15) is 11.5 Å². The molecule has 0 fully saturated rings. The van der Waals surface area contributed by atoms with Gasteiger partial charge in [0.15, 0.2) is 0 Å². The van der Waals surface area contributed by atoms with Gasteiger partial charge in [-0.1, -0.05) is 26.2 Å². The van der Waals surface area contributed by atoms with E-state index in [1.807, 2.05) is 0 Å². The molecule has 0 saturated carbocycles. The van der Waals surface area contributed by atoms with Crippen molar-refractivity contribution in [1.29, 1.82) is 0 Å². The number of carbonyl (C=O) groups is 2. The third-order valence-corrected chi connectivity index (χ3v) is 4.00. The second-order valence-corrected chi connectivity index (χ2v) is 6.05. The lowest BCUT2D eigenvalue weighted by molar-refractivity contribution is -0.121. The molecule has 26 heavy (non-hydrogen) atoms. The van der Waals surface area contributed by atoms with E-state index in [0.29, 0.717) is 31.1 Å². The number of furan rings is 1. The third kappa shape index (κ3) is 6.66. The molecule has 0 atom stereocenters. The van der Waals surface area contributed by atoms with E-state index in [1.165, 1.54) is 18.6 Å². The number of nitrogens with one attached hydrogen (secondary N) is 1. The summed E-state index contributed by atoms with van der Waals surface area (Å²) in [5.41, 5.74) is 0.305. The van der Waals surface area contributed by atoms with Gasteiger partial charge in [-0.25, -0.2) is 4.98 Å². The van der Waals surface area contributed by atoms with Crippen LogP contribution in [0.3, 0.4) is 0 Å². The van der Waals surface area contributed by atoms with Gasteiger partial charge in [-0.3, -0.25) is 14.6 Å². The molecule has 7 nitrogen and oxygen atoms in total. The van der Waals surface area contributed by atoms with Gasteiger partial charge >= 0.3 is 0 Å². The number of rotatable bonds is 11. The van der Waals surface area contributed by atoms with Gasteiger partial charge in [0.2, 0.25) is 5.91 Å². The van der Waals surface area contributed by atoms with Crippen molar-refractivity contribution in [2.75, 3.05) is 13.1 Å². The molecule has 0 spiro atoms. The maximum atomic E-state index is 12.6. The third-order valence-electron chi connectivity index (χ3n) is 4.00. The summed E-state index contributed by atoms with van der Waals surface area (Å²) in [5, 5.41) is 2.80. The minimum atomic E-state index is -0.187. The van der Waals surface area contributed by atoms with Crippen LogP contribution in [0.1, 0.15) is 55.3 Å². The van der Waals surface area contributed by atoms with E-state index in [4.69, 9.17) is 4.42 Å². The summed E-state index contributed by atoms with van der Waals surface area (Å²) in [6.45, 7) is 3.46. The van der Waals surface area contributed by atoms with Crippen molar-refractivity contribution >= 4 is 11.8 Å². The predicted molar refractivity (Wildman–Crippen MR) is 97.2 cm³/mol. The Kier molecular flexibility index (Phi) is 8.32. The summed E-state index contributed by atoms with van der Waals surface area (Å²) in [6.07, 6.45) is 10.5. The molecular weight excluding hydrogens is 332 g/mol. The van der Waals surface area contributed by atoms with Crippen LogP contribution in [0.5, 0.6) is 0 Å². The monoisotopic (exact) mass is 358 g/mol. The highest BCUT2D eigenvalue weighted by atomic mass is 16.3. The number of aromatic nitrogens is 2. The Labute approximate surface area is 153 Å². The molecule has 0 aliphatic carbocycles. The Morgan fingerprint density at radius 1 is 1.19 bits per heavy atom. The number of amides is 2. The average Bonchev–Trinajstić information content (AvgIpc) is 3.19. The Morgan fingerprint density at radius 2 is 2.08 bits per heavy atom. The Balaban J connectivity index is 1.85. The second kappa shape index (κ2) is 11.0. The summed E-state index contributed by atoms with van der Waals surface area (Å²) >= 11 is 0. The Bertz CT molecular complexity index is 659. The average molecular weight is 358 g/mol. The van der Waals surface area contributed by atoms with Crippen LogP contribution in [0.4, 0.5) is 0 Å². The van der Waals surface area contributed by atoms with E-state index in [-0.39, 0.29) is 18.2 Å². The molecule has 0 bridgehead atoms. The zero-order valence-corrected chi connectivity index (χ0v) is 15.2. The number of unbranched alkanes of at least 4 members (excludes halogenated alkanes) is 3. The standard InChI is InChI=1S/C19H26N4O3/c1-2-3-4-5-11-23(19(25)17-15-20-9-10-21-17)12-8-18(24)22-14-16-7-6-13-26-16/h6-7,9-10,13,15H,2-5,8,11-12,14H2,1H3,(H,22,24). The zero-order valence-electron chi connectivity index (χ0n) is 15.2. The van der Waals surface area contributed by atoms with Crippen molar-refractivity contribution in [3.63, 3.8) is 0 Å². The van der Waals surface area contributed by atoms with Gasteiger partial charge in [-0.2, -0.15) is 0 Å². The van der Waals surface area contributed by atoms with E-state index >= 15 is 0 Å². The number of hydrogen-bond acceptors (Lipinski definition) is 5. The van der Waals surface area contributed by atoms with Gasteiger partial charge in [0.05, 0.1) is 19.0 Å². The molecule has 140 valence electrons. The molecule has 2 aromatic heterocycles. The first-order valence-electron chi connectivity index (χ1n) is 9.05. The van der Waals surface area contributed by atoms with E-state index in [2.05, 4.69) is 22.2 Å². The summed E-state index contributed by atoms with van der Waals surface area (Å²) in [4.78, 5) is 34.4. The first kappa shape index (κ1) is 19.6. The van der Waals surface area contributed by atoms with Gasteiger partial charge in [0.25, 0.3) is 5.91 Å². The molecule has 2 rings (SSSR count). The molecule has 0 aromatic carbocycles. The fraction of sp³-hybridized carbons (Fsp3) is 0.474. The van der Waals surface area contributed by atoms with Crippen LogP contribution < -0.4 is 5.32 Å². The molecule has 2 amide bonds. The van der Waals surface area contributed by atoms with Crippen molar-refractivity contribution in [1.82, 2.24) is 20.2 Å². The van der Waals surface area contributed by atoms with Crippen molar-refractivity contribution < 1.29 is 14.0 Å². The largest absolute Gasteiger partial charge is 0.467 e. The predicted octanol–water partition coefficient (Wildman–Crippen LogP) is 2.80. The number of nitrogens with zero attached hydrogens (tertiary/aromatic N) is 3. The highest BCUT2D eigenvalue weighted by Gasteiger charge is 2.18. The van der Waals surface area contributed by atoms with Gasteiger partial charge in [-0.05, 0) is 18.6 Å². The van der Waals surface area contributed by atoms with Crippen LogP contribution in [0.15, 0.2) is 41.4 Å². The molecular formula is C19H26N4O3. The van der Waals surface area contributed by atoms with Gasteiger partial charge < -0.3 is 14.6 Å². The van der Waals surface area contributed by atoms with E-state index < -0.39 is 0 Å². The number of carbonyl (C=O) groups excluding carboxylic acids is 2. The SMILES string of the molecule is CCCCCCN(CCC(=O)NCc1ccco1)C(=O)c1cnccn1. The molecule has 0 radical (unpaired) electrons. The number of hydrogen-bond donors (Lipinski definition) is 1. The molecule has 0 unspecified atom stereocenters. The lowest BCUT2D eigenvalue weighted by Crippen LogP contribution is -2.36. The summed E-state index contributed by atoms with van der Waals surface area (Å²) < 4.78 is 5.19. The lowest BCUT2D eigenvalue weighted by atomic mass is 10.2. The van der Waals surface area contributed by atoms with Crippen molar-refractivity contribution in [3.8, 4) is 0 Å². The summed E-state index contributed by atoms with van der Waals surface area (Å²) in [6, 6.07) is 3.58. The fourth-order valence-electron chi connectivity index (χ4n) is 2.54. The van der Waals surface area contributed by atoms with Crippen LogP contribution in [-0.4, -0.2) is 39.8 Å². The van der Waals surface area contributed by atoms with Crippen molar-refractivity contribution in [3.05, 3.63) is 48.4 Å². The van der Waals surface area contributed by atoms with Gasteiger partial charge in [-0.15, -0.1) is 0 Å². The minimum Gasteiger partial charge on any atom is -0.467 e. The maximum Gasteiger partial charge on any atom is 0.274 e. The lowest BCUT2D eigenvalue weighted by Gasteiger charge is -2.22. The first-order valence-corrected chi connectivity index (χ1v) is 9.05. The first-order chi connectivity index (χ1) is 12.7.